The number of carbonyl (C=O) groups excluding carboxylic acids is 1. The van der Waals surface area contributed by atoms with Crippen LogP contribution >= 0.6 is 0 Å². The highest BCUT2D eigenvalue weighted by molar-refractivity contribution is 5.94. The highest BCUT2D eigenvalue weighted by atomic mass is 16.5. The second-order valence-corrected chi connectivity index (χ2v) is 5.59. The Labute approximate surface area is 136 Å². The van der Waals surface area contributed by atoms with Gasteiger partial charge >= 0.3 is 0 Å². The summed E-state index contributed by atoms with van der Waals surface area (Å²) >= 11 is 0. The molecule has 1 N–H and O–H groups in total. The van der Waals surface area contributed by atoms with Crippen molar-refractivity contribution in [1.82, 2.24) is 5.32 Å². The molecule has 1 saturated heterocycles. The molecule has 3 rings (SSSR count). The van der Waals surface area contributed by atoms with E-state index in [2.05, 4.69) is 10.2 Å². The average molecular weight is 314 g/mol. The number of aryl methyl sites for hydroxylation is 1. The molecule has 5 heteroatoms. The number of rotatable bonds is 6. The summed E-state index contributed by atoms with van der Waals surface area (Å²) in [6, 6.07) is 11.6. The van der Waals surface area contributed by atoms with Gasteiger partial charge in [0.25, 0.3) is 5.91 Å². The predicted molar refractivity (Wildman–Crippen MR) is 88.8 cm³/mol. The number of ether oxygens (including phenoxy) is 1. The maximum Gasteiger partial charge on any atom is 0.251 e. The molecule has 0 spiro atoms. The van der Waals surface area contributed by atoms with Crippen LogP contribution in [0.2, 0.25) is 0 Å². The number of morpholine rings is 1. The van der Waals surface area contributed by atoms with Gasteiger partial charge in [-0.15, -0.1) is 0 Å². The van der Waals surface area contributed by atoms with Gasteiger partial charge in [0.1, 0.15) is 5.76 Å². The third-order valence-electron chi connectivity index (χ3n) is 3.97. The molecular weight excluding hydrogens is 292 g/mol. The minimum atomic E-state index is -0.0297. The Morgan fingerprint density at radius 2 is 1.91 bits per heavy atom. The van der Waals surface area contributed by atoms with E-state index in [1.807, 2.05) is 36.4 Å². The van der Waals surface area contributed by atoms with Crippen LogP contribution in [-0.4, -0.2) is 38.8 Å². The predicted octanol–water partition coefficient (Wildman–Crippen LogP) is 2.48. The number of nitrogens with zero attached hydrogens (tertiary/aromatic N) is 1. The summed E-state index contributed by atoms with van der Waals surface area (Å²) in [4.78, 5) is 14.4. The monoisotopic (exact) mass is 314 g/mol. The van der Waals surface area contributed by atoms with Crippen molar-refractivity contribution in [3.8, 4) is 0 Å². The molecule has 2 aromatic rings. The van der Waals surface area contributed by atoms with Gasteiger partial charge in [-0.2, -0.15) is 0 Å². The second-order valence-electron chi connectivity index (χ2n) is 5.59. The lowest BCUT2D eigenvalue weighted by Crippen LogP contribution is -2.36. The number of hydrogen-bond acceptors (Lipinski definition) is 4. The van der Waals surface area contributed by atoms with E-state index in [4.69, 9.17) is 9.15 Å². The maximum absolute atomic E-state index is 12.1. The van der Waals surface area contributed by atoms with Crippen LogP contribution in [0.25, 0.3) is 0 Å². The molecule has 0 unspecified atom stereocenters. The Morgan fingerprint density at radius 1 is 1.13 bits per heavy atom. The molecule has 1 aliphatic heterocycles. The highest BCUT2D eigenvalue weighted by Crippen LogP contribution is 2.16. The van der Waals surface area contributed by atoms with Crippen LogP contribution in [0.1, 0.15) is 22.5 Å². The number of benzene rings is 1. The van der Waals surface area contributed by atoms with E-state index in [1.54, 1.807) is 6.26 Å². The first-order valence-corrected chi connectivity index (χ1v) is 8.06. The van der Waals surface area contributed by atoms with Gasteiger partial charge < -0.3 is 19.4 Å². The molecule has 1 fully saturated rings. The smallest absolute Gasteiger partial charge is 0.251 e. The molecule has 0 atom stereocenters. The summed E-state index contributed by atoms with van der Waals surface area (Å²) in [6.07, 6.45) is 3.37. The largest absolute Gasteiger partial charge is 0.469 e. The molecule has 23 heavy (non-hydrogen) atoms. The molecule has 2 heterocycles. The zero-order valence-electron chi connectivity index (χ0n) is 13.2. The zero-order valence-corrected chi connectivity index (χ0v) is 13.2. The molecule has 1 aromatic carbocycles. The SMILES string of the molecule is O=C(NCCCc1ccco1)c1ccc(N2CCOCC2)cc1. The van der Waals surface area contributed by atoms with Crippen molar-refractivity contribution in [3.63, 3.8) is 0 Å². The van der Waals surface area contributed by atoms with Crippen LogP contribution in [0.15, 0.2) is 47.1 Å². The highest BCUT2D eigenvalue weighted by Gasteiger charge is 2.12. The summed E-state index contributed by atoms with van der Waals surface area (Å²) < 4.78 is 10.6. The summed E-state index contributed by atoms with van der Waals surface area (Å²) in [5, 5.41) is 2.95. The van der Waals surface area contributed by atoms with Crippen molar-refractivity contribution in [2.75, 3.05) is 37.7 Å². The average Bonchev–Trinajstić information content (AvgIpc) is 3.13. The molecule has 5 nitrogen and oxygen atoms in total. The second kappa shape index (κ2) is 7.83. The van der Waals surface area contributed by atoms with Crippen LogP contribution in [0.5, 0.6) is 0 Å². The first kappa shape index (κ1) is 15.6. The van der Waals surface area contributed by atoms with E-state index < -0.39 is 0 Å². The van der Waals surface area contributed by atoms with Crippen LogP contribution in [0.3, 0.4) is 0 Å². The maximum atomic E-state index is 12.1. The minimum Gasteiger partial charge on any atom is -0.469 e. The Morgan fingerprint density at radius 3 is 2.61 bits per heavy atom. The van der Waals surface area contributed by atoms with Gasteiger partial charge in [-0.25, -0.2) is 0 Å². The molecule has 0 aliphatic carbocycles. The lowest BCUT2D eigenvalue weighted by molar-refractivity contribution is 0.0953. The molecule has 0 radical (unpaired) electrons. The summed E-state index contributed by atoms with van der Waals surface area (Å²) in [6.45, 7) is 3.97. The van der Waals surface area contributed by atoms with Crippen LogP contribution in [0.4, 0.5) is 5.69 Å². The number of anilines is 1. The Bertz CT molecular complexity index is 602. The fraction of sp³-hybridized carbons (Fsp3) is 0.389. The third kappa shape index (κ3) is 4.36. The molecule has 0 saturated carbocycles. The Balaban J connectivity index is 1.45. The van der Waals surface area contributed by atoms with Gasteiger partial charge in [0.15, 0.2) is 0 Å². The first-order chi connectivity index (χ1) is 11.3. The third-order valence-corrected chi connectivity index (χ3v) is 3.97. The van der Waals surface area contributed by atoms with Gasteiger partial charge in [-0.05, 0) is 42.8 Å². The van der Waals surface area contributed by atoms with E-state index >= 15 is 0 Å². The van der Waals surface area contributed by atoms with E-state index in [-0.39, 0.29) is 5.91 Å². The number of hydrogen-bond donors (Lipinski definition) is 1. The first-order valence-electron chi connectivity index (χ1n) is 8.06. The van der Waals surface area contributed by atoms with Gasteiger partial charge in [0, 0.05) is 37.3 Å². The van der Waals surface area contributed by atoms with Gasteiger partial charge in [0.05, 0.1) is 19.5 Å². The van der Waals surface area contributed by atoms with E-state index in [0.29, 0.717) is 12.1 Å². The molecule has 122 valence electrons. The number of nitrogens with one attached hydrogen (secondary N) is 1. The lowest BCUT2D eigenvalue weighted by Gasteiger charge is -2.28. The van der Waals surface area contributed by atoms with Gasteiger partial charge in [-0.1, -0.05) is 0 Å². The van der Waals surface area contributed by atoms with Crippen molar-refractivity contribution >= 4 is 11.6 Å². The topological polar surface area (TPSA) is 54.7 Å². The number of carbonyl (C=O) groups is 1. The molecule has 1 amide bonds. The fourth-order valence-corrected chi connectivity index (χ4v) is 2.67. The molecule has 1 aromatic heterocycles. The Kier molecular flexibility index (Phi) is 5.32. The fourth-order valence-electron chi connectivity index (χ4n) is 2.67. The van der Waals surface area contributed by atoms with Crippen LogP contribution in [0, 0.1) is 0 Å². The van der Waals surface area contributed by atoms with Crippen molar-refractivity contribution in [2.24, 2.45) is 0 Å². The zero-order chi connectivity index (χ0) is 15.9. The van der Waals surface area contributed by atoms with Crippen molar-refractivity contribution in [2.45, 2.75) is 12.8 Å². The minimum absolute atomic E-state index is 0.0297. The van der Waals surface area contributed by atoms with Crippen molar-refractivity contribution in [1.29, 1.82) is 0 Å². The molecule has 1 aliphatic rings. The van der Waals surface area contributed by atoms with E-state index in [1.165, 1.54) is 0 Å². The molecular formula is C18H22N2O3. The van der Waals surface area contributed by atoms with E-state index in [9.17, 15) is 4.79 Å². The van der Waals surface area contributed by atoms with Gasteiger partial charge in [-0.3, -0.25) is 4.79 Å². The normalized spacial score (nSPS) is 14.7. The van der Waals surface area contributed by atoms with Crippen molar-refractivity contribution in [3.05, 3.63) is 54.0 Å². The standard InChI is InChI=1S/C18H22N2O3/c21-18(19-9-1-3-17-4-2-12-23-17)15-5-7-16(8-6-15)20-10-13-22-14-11-20/h2,4-8,12H,1,3,9-11,13-14H2,(H,19,21). The van der Waals surface area contributed by atoms with E-state index in [0.717, 1.165) is 50.6 Å². The van der Waals surface area contributed by atoms with Gasteiger partial charge in [0.2, 0.25) is 0 Å². The summed E-state index contributed by atoms with van der Waals surface area (Å²) in [5.74, 6) is 0.923. The number of furan rings is 1. The quantitative estimate of drug-likeness (QED) is 0.832. The summed E-state index contributed by atoms with van der Waals surface area (Å²) in [5.41, 5.74) is 1.84. The van der Waals surface area contributed by atoms with Crippen LogP contribution in [-0.2, 0) is 11.2 Å². The number of amides is 1. The summed E-state index contributed by atoms with van der Waals surface area (Å²) in [7, 11) is 0. The van der Waals surface area contributed by atoms with Crippen LogP contribution < -0.4 is 10.2 Å². The van der Waals surface area contributed by atoms with Crippen molar-refractivity contribution < 1.29 is 13.9 Å². The lowest BCUT2D eigenvalue weighted by atomic mass is 10.1. The molecule has 0 bridgehead atoms. The Hall–Kier alpha value is -2.27.